The van der Waals surface area contributed by atoms with Crippen LogP contribution in [0.5, 0.6) is 0 Å². The van der Waals surface area contributed by atoms with Crippen LogP contribution in [-0.4, -0.2) is 18.3 Å². The fraction of sp³-hybridized carbons (Fsp3) is 0.900. The van der Waals surface area contributed by atoms with Crippen molar-refractivity contribution in [3.8, 4) is 0 Å². The summed E-state index contributed by atoms with van der Waals surface area (Å²) in [5.74, 6) is 1.55. The van der Waals surface area contributed by atoms with Gasteiger partial charge in [-0.05, 0) is 24.7 Å². The maximum atomic E-state index is 10.9. The standard InChI is InChI=1S/C10H18ClNO/c1-8-3-2-4-9(5-8)7-12-10(13)6-11/h8-9H,2-7H2,1H3,(H,12,13). The largest absolute Gasteiger partial charge is 0.355 e. The van der Waals surface area contributed by atoms with E-state index in [1.807, 2.05) is 0 Å². The fourth-order valence-corrected chi connectivity index (χ4v) is 2.15. The Balaban J connectivity index is 2.17. The van der Waals surface area contributed by atoms with Crippen molar-refractivity contribution >= 4 is 17.5 Å². The molecule has 0 heterocycles. The molecule has 2 unspecified atom stereocenters. The maximum absolute atomic E-state index is 10.9. The summed E-state index contributed by atoms with van der Waals surface area (Å²) in [5.41, 5.74) is 0. The number of hydrogen-bond donors (Lipinski definition) is 1. The average Bonchev–Trinajstić information content (AvgIpc) is 2.14. The molecule has 0 saturated heterocycles. The normalized spacial score (nSPS) is 28.5. The molecule has 1 aliphatic rings. The minimum absolute atomic E-state index is 0.0418. The first-order valence-electron chi connectivity index (χ1n) is 5.05. The summed E-state index contributed by atoms with van der Waals surface area (Å²) in [6.45, 7) is 3.10. The summed E-state index contributed by atoms with van der Waals surface area (Å²) >= 11 is 5.39. The third kappa shape index (κ3) is 3.99. The van der Waals surface area contributed by atoms with Crippen LogP contribution in [0.4, 0.5) is 0 Å². The number of carbonyl (C=O) groups excluding carboxylic acids is 1. The SMILES string of the molecule is CC1CCCC(CNC(=O)CCl)C1. The summed E-state index contributed by atoms with van der Waals surface area (Å²) in [6.07, 6.45) is 5.16. The lowest BCUT2D eigenvalue weighted by molar-refractivity contribution is -0.118. The summed E-state index contributed by atoms with van der Waals surface area (Å²) in [5, 5.41) is 2.85. The molecule has 0 spiro atoms. The van der Waals surface area contributed by atoms with E-state index in [0.29, 0.717) is 5.92 Å². The highest BCUT2D eigenvalue weighted by molar-refractivity contribution is 6.27. The Bertz CT molecular complexity index is 172. The Morgan fingerprint density at radius 1 is 1.54 bits per heavy atom. The maximum Gasteiger partial charge on any atom is 0.234 e. The van der Waals surface area contributed by atoms with Crippen molar-refractivity contribution in [1.29, 1.82) is 0 Å². The number of nitrogens with one attached hydrogen (secondary N) is 1. The van der Waals surface area contributed by atoms with E-state index in [2.05, 4.69) is 12.2 Å². The van der Waals surface area contributed by atoms with Crippen LogP contribution in [0.2, 0.25) is 0 Å². The molecular formula is C10H18ClNO. The van der Waals surface area contributed by atoms with Gasteiger partial charge in [-0.3, -0.25) is 4.79 Å². The van der Waals surface area contributed by atoms with E-state index in [0.717, 1.165) is 12.5 Å². The first-order valence-corrected chi connectivity index (χ1v) is 5.58. The van der Waals surface area contributed by atoms with Crippen LogP contribution in [0, 0.1) is 11.8 Å². The number of carbonyl (C=O) groups is 1. The predicted molar refractivity (Wildman–Crippen MR) is 54.9 cm³/mol. The van der Waals surface area contributed by atoms with Gasteiger partial charge in [0.1, 0.15) is 5.88 Å². The molecule has 76 valence electrons. The van der Waals surface area contributed by atoms with E-state index in [1.54, 1.807) is 0 Å². The van der Waals surface area contributed by atoms with Crippen LogP contribution in [0.1, 0.15) is 32.6 Å². The quantitative estimate of drug-likeness (QED) is 0.700. The number of hydrogen-bond acceptors (Lipinski definition) is 1. The van der Waals surface area contributed by atoms with E-state index in [1.165, 1.54) is 25.7 Å². The zero-order valence-corrected chi connectivity index (χ0v) is 8.94. The second-order valence-corrected chi connectivity index (χ2v) is 4.34. The monoisotopic (exact) mass is 203 g/mol. The van der Waals surface area contributed by atoms with Crippen LogP contribution >= 0.6 is 11.6 Å². The zero-order chi connectivity index (χ0) is 9.68. The molecule has 2 atom stereocenters. The van der Waals surface area contributed by atoms with Crippen LogP contribution in [-0.2, 0) is 4.79 Å². The molecule has 0 bridgehead atoms. The minimum atomic E-state index is -0.0418. The van der Waals surface area contributed by atoms with Gasteiger partial charge in [-0.1, -0.05) is 19.8 Å². The Morgan fingerprint density at radius 2 is 2.31 bits per heavy atom. The highest BCUT2D eigenvalue weighted by Crippen LogP contribution is 2.27. The van der Waals surface area contributed by atoms with Gasteiger partial charge in [0.15, 0.2) is 0 Å². The van der Waals surface area contributed by atoms with E-state index < -0.39 is 0 Å². The Morgan fingerprint density at radius 3 is 2.92 bits per heavy atom. The number of amides is 1. The van der Waals surface area contributed by atoms with Crippen LogP contribution in [0.3, 0.4) is 0 Å². The van der Waals surface area contributed by atoms with Crippen molar-refractivity contribution in [2.24, 2.45) is 11.8 Å². The van der Waals surface area contributed by atoms with Gasteiger partial charge in [-0.15, -0.1) is 11.6 Å². The molecule has 0 aromatic carbocycles. The molecule has 1 N–H and O–H groups in total. The average molecular weight is 204 g/mol. The topological polar surface area (TPSA) is 29.1 Å². The lowest BCUT2D eigenvalue weighted by Gasteiger charge is -2.26. The molecule has 1 saturated carbocycles. The minimum Gasteiger partial charge on any atom is -0.355 e. The van der Waals surface area contributed by atoms with Crippen molar-refractivity contribution in [2.75, 3.05) is 12.4 Å². The number of alkyl halides is 1. The second-order valence-electron chi connectivity index (χ2n) is 4.08. The van der Waals surface area contributed by atoms with Crippen molar-refractivity contribution in [3.63, 3.8) is 0 Å². The van der Waals surface area contributed by atoms with E-state index in [-0.39, 0.29) is 11.8 Å². The number of halogens is 1. The van der Waals surface area contributed by atoms with Gasteiger partial charge in [0.25, 0.3) is 0 Å². The van der Waals surface area contributed by atoms with Crippen molar-refractivity contribution in [2.45, 2.75) is 32.6 Å². The van der Waals surface area contributed by atoms with Gasteiger partial charge in [0, 0.05) is 6.54 Å². The highest BCUT2D eigenvalue weighted by Gasteiger charge is 2.18. The first kappa shape index (κ1) is 10.8. The van der Waals surface area contributed by atoms with Gasteiger partial charge < -0.3 is 5.32 Å². The van der Waals surface area contributed by atoms with Crippen molar-refractivity contribution < 1.29 is 4.79 Å². The first-order chi connectivity index (χ1) is 6.22. The predicted octanol–water partition coefficient (Wildman–Crippen LogP) is 2.17. The molecule has 1 amide bonds. The molecule has 2 nitrogen and oxygen atoms in total. The van der Waals surface area contributed by atoms with Crippen LogP contribution in [0.15, 0.2) is 0 Å². The lowest BCUT2D eigenvalue weighted by Crippen LogP contribution is -2.32. The molecule has 0 radical (unpaired) electrons. The third-order valence-corrected chi connectivity index (χ3v) is 3.00. The molecule has 13 heavy (non-hydrogen) atoms. The Hall–Kier alpha value is -0.240. The molecular weight excluding hydrogens is 186 g/mol. The summed E-state index contributed by atoms with van der Waals surface area (Å²) in [6, 6.07) is 0. The number of rotatable bonds is 3. The molecule has 1 rings (SSSR count). The molecule has 0 aromatic rings. The summed E-state index contributed by atoms with van der Waals surface area (Å²) in [7, 11) is 0. The fourth-order valence-electron chi connectivity index (χ4n) is 2.05. The Labute approximate surface area is 85.0 Å². The van der Waals surface area contributed by atoms with E-state index in [9.17, 15) is 4.79 Å². The van der Waals surface area contributed by atoms with E-state index in [4.69, 9.17) is 11.6 Å². The van der Waals surface area contributed by atoms with Gasteiger partial charge >= 0.3 is 0 Å². The summed E-state index contributed by atoms with van der Waals surface area (Å²) < 4.78 is 0. The molecule has 3 heteroatoms. The van der Waals surface area contributed by atoms with Gasteiger partial charge in [0.2, 0.25) is 5.91 Å². The second kappa shape index (κ2) is 5.48. The van der Waals surface area contributed by atoms with Gasteiger partial charge in [-0.25, -0.2) is 0 Å². The van der Waals surface area contributed by atoms with Crippen molar-refractivity contribution in [1.82, 2.24) is 5.32 Å². The van der Waals surface area contributed by atoms with Crippen molar-refractivity contribution in [3.05, 3.63) is 0 Å². The third-order valence-electron chi connectivity index (χ3n) is 2.75. The molecule has 0 aliphatic heterocycles. The molecule has 0 aromatic heterocycles. The lowest BCUT2D eigenvalue weighted by atomic mass is 9.82. The smallest absolute Gasteiger partial charge is 0.234 e. The highest BCUT2D eigenvalue weighted by atomic mass is 35.5. The van der Waals surface area contributed by atoms with Gasteiger partial charge in [-0.2, -0.15) is 0 Å². The van der Waals surface area contributed by atoms with Crippen LogP contribution < -0.4 is 5.32 Å². The van der Waals surface area contributed by atoms with Gasteiger partial charge in [0.05, 0.1) is 0 Å². The Kier molecular flexibility index (Phi) is 4.57. The zero-order valence-electron chi connectivity index (χ0n) is 8.18. The molecule has 1 aliphatic carbocycles. The molecule has 1 fully saturated rings. The summed E-state index contributed by atoms with van der Waals surface area (Å²) in [4.78, 5) is 10.9. The van der Waals surface area contributed by atoms with Crippen LogP contribution in [0.25, 0.3) is 0 Å². The van der Waals surface area contributed by atoms with E-state index >= 15 is 0 Å².